The molecule has 0 saturated carbocycles. The molecule has 0 N–H and O–H groups in total. The molecule has 0 radical (unpaired) electrons. The normalized spacial score (nSPS) is 12.1. The average molecular weight is 394 g/mol. The molecule has 0 fully saturated rings. The summed E-state index contributed by atoms with van der Waals surface area (Å²) in [5.41, 5.74) is 1.76. The highest BCUT2D eigenvalue weighted by Gasteiger charge is 2.21. The summed E-state index contributed by atoms with van der Waals surface area (Å²) >= 11 is 1.60. The number of hydrogen-bond donors (Lipinski definition) is 0. The second-order valence-corrected chi connectivity index (χ2v) is 7.30. The van der Waals surface area contributed by atoms with Gasteiger partial charge in [-0.1, -0.05) is 12.1 Å². The van der Waals surface area contributed by atoms with Crippen LogP contribution in [0.1, 0.15) is 18.0 Å². The summed E-state index contributed by atoms with van der Waals surface area (Å²) in [5.74, 6) is 0.488. The molecule has 4 aromatic rings. The van der Waals surface area contributed by atoms with E-state index in [-0.39, 0.29) is 18.6 Å². The largest absolute Gasteiger partial charge is 0.484 e. The number of fused-ring (bicyclic) bond motifs is 1. The zero-order valence-electron chi connectivity index (χ0n) is 15.4. The van der Waals surface area contributed by atoms with Crippen LogP contribution in [0.3, 0.4) is 0 Å². The molecule has 1 atom stereocenters. The van der Waals surface area contributed by atoms with Crippen molar-refractivity contribution in [3.8, 4) is 11.4 Å². The number of para-hydroxylation sites is 1. The molecule has 28 heavy (non-hydrogen) atoms. The van der Waals surface area contributed by atoms with Gasteiger partial charge in [-0.2, -0.15) is 0 Å². The number of likely N-dealkylation sites (N-methyl/N-ethyl adjacent to an activating group) is 1. The topological polar surface area (TPSA) is 86.0 Å². The van der Waals surface area contributed by atoms with Crippen LogP contribution < -0.4 is 4.74 Å². The van der Waals surface area contributed by atoms with Gasteiger partial charge in [-0.3, -0.25) is 4.79 Å². The van der Waals surface area contributed by atoms with Crippen LogP contribution in [0.5, 0.6) is 5.75 Å². The molecule has 0 aliphatic carbocycles. The highest BCUT2D eigenvalue weighted by atomic mass is 32.1. The van der Waals surface area contributed by atoms with E-state index in [2.05, 4.69) is 20.5 Å². The minimum Gasteiger partial charge on any atom is -0.484 e. The van der Waals surface area contributed by atoms with E-state index in [1.54, 1.807) is 40.1 Å². The number of amides is 1. The zero-order valence-corrected chi connectivity index (χ0v) is 16.2. The van der Waals surface area contributed by atoms with Crippen molar-refractivity contribution in [3.63, 3.8) is 0 Å². The quantitative estimate of drug-likeness (QED) is 0.500. The summed E-state index contributed by atoms with van der Waals surface area (Å²) in [6, 6.07) is 15.0. The van der Waals surface area contributed by atoms with Crippen LogP contribution in [-0.2, 0) is 4.79 Å². The lowest BCUT2D eigenvalue weighted by Crippen LogP contribution is -2.33. The van der Waals surface area contributed by atoms with E-state index in [4.69, 9.17) is 4.74 Å². The van der Waals surface area contributed by atoms with Crippen LogP contribution in [0.25, 0.3) is 15.9 Å². The van der Waals surface area contributed by atoms with Crippen LogP contribution in [0.15, 0.2) is 54.9 Å². The van der Waals surface area contributed by atoms with Crippen molar-refractivity contribution in [2.24, 2.45) is 0 Å². The molecule has 2 aromatic carbocycles. The fourth-order valence-electron chi connectivity index (χ4n) is 2.67. The van der Waals surface area contributed by atoms with Gasteiger partial charge in [-0.25, -0.2) is 9.67 Å². The fraction of sp³-hybridized carbons (Fsp3) is 0.211. The summed E-state index contributed by atoms with van der Waals surface area (Å²) in [6.07, 6.45) is 1.51. The van der Waals surface area contributed by atoms with Gasteiger partial charge in [0.15, 0.2) is 6.61 Å². The Kier molecular flexibility index (Phi) is 4.98. The number of tetrazole rings is 1. The van der Waals surface area contributed by atoms with Crippen LogP contribution in [0, 0.1) is 0 Å². The maximum atomic E-state index is 12.5. The Morgan fingerprint density at radius 2 is 2.00 bits per heavy atom. The third kappa shape index (κ3) is 3.70. The third-order valence-corrected chi connectivity index (χ3v) is 5.66. The van der Waals surface area contributed by atoms with E-state index in [0.29, 0.717) is 5.75 Å². The van der Waals surface area contributed by atoms with Gasteiger partial charge in [0.25, 0.3) is 5.91 Å². The number of aromatic nitrogens is 5. The van der Waals surface area contributed by atoms with E-state index in [1.807, 2.05) is 43.3 Å². The van der Waals surface area contributed by atoms with Gasteiger partial charge in [0.1, 0.15) is 17.1 Å². The third-order valence-electron chi connectivity index (χ3n) is 4.45. The molecule has 0 saturated heterocycles. The summed E-state index contributed by atoms with van der Waals surface area (Å²) in [6.45, 7) is 1.92. The van der Waals surface area contributed by atoms with Crippen LogP contribution >= 0.6 is 11.3 Å². The number of hydrogen-bond acceptors (Lipinski definition) is 7. The maximum absolute atomic E-state index is 12.5. The molecule has 0 unspecified atom stereocenters. The number of carbonyl (C=O) groups is 1. The van der Waals surface area contributed by atoms with E-state index < -0.39 is 0 Å². The monoisotopic (exact) mass is 394 g/mol. The van der Waals surface area contributed by atoms with E-state index in [1.165, 1.54) is 6.33 Å². The number of benzene rings is 2. The van der Waals surface area contributed by atoms with Crippen LogP contribution in [0.2, 0.25) is 0 Å². The molecule has 0 bridgehead atoms. The van der Waals surface area contributed by atoms with Crippen molar-refractivity contribution in [3.05, 3.63) is 59.9 Å². The second kappa shape index (κ2) is 7.73. The first kappa shape index (κ1) is 18.1. The predicted octanol–water partition coefficient (Wildman–Crippen LogP) is 2.87. The van der Waals surface area contributed by atoms with Crippen molar-refractivity contribution in [2.45, 2.75) is 13.0 Å². The van der Waals surface area contributed by atoms with Crippen LogP contribution in [-0.4, -0.2) is 49.7 Å². The smallest absolute Gasteiger partial charge is 0.260 e. The van der Waals surface area contributed by atoms with Gasteiger partial charge in [0, 0.05) is 7.05 Å². The van der Waals surface area contributed by atoms with Crippen molar-refractivity contribution < 1.29 is 9.53 Å². The molecule has 9 heteroatoms. The number of thiazole rings is 1. The Morgan fingerprint density at radius 3 is 2.71 bits per heavy atom. The molecule has 4 rings (SSSR count). The summed E-state index contributed by atoms with van der Waals surface area (Å²) < 4.78 is 8.30. The highest BCUT2D eigenvalue weighted by Crippen LogP contribution is 2.28. The molecule has 142 valence electrons. The first-order valence-electron chi connectivity index (χ1n) is 8.69. The van der Waals surface area contributed by atoms with Gasteiger partial charge < -0.3 is 9.64 Å². The molecule has 1 amide bonds. The lowest BCUT2D eigenvalue weighted by molar-refractivity contribution is -0.134. The van der Waals surface area contributed by atoms with Gasteiger partial charge in [0.2, 0.25) is 0 Å². The van der Waals surface area contributed by atoms with E-state index in [9.17, 15) is 4.79 Å². The predicted molar refractivity (Wildman–Crippen MR) is 105 cm³/mol. The lowest BCUT2D eigenvalue weighted by atomic mass is 10.3. The minimum absolute atomic E-state index is 0.0457. The first-order valence-corrected chi connectivity index (χ1v) is 9.51. The Hall–Kier alpha value is -3.33. The Morgan fingerprint density at radius 1 is 1.21 bits per heavy atom. The Bertz CT molecular complexity index is 1040. The van der Waals surface area contributed by atoms with Crippen molar-refractivity contribution in [1.29, 1.82) is 0 Å². The molecule has 0 spiro atoms. The number of nitrogens with zero attached hydrogens (tertiary/aromatic N) is 6. The number of carbonyl (C=O) groups excluding carboxylic acids is 1. The molecule has 8 nitrogen and oxygen atoms in total. The van der Waals surface area contributed by atoms with Crippen molar-refractivity contribution in [2.75, 3.05) is 13.7 Å². The number of rotatable bonds is 6. The van der Waals surface area contributed by atoms with E-state index in [0.717, 1.165) is 20.9 Å². The molecule has 2 heterocycles. The summed E-state index contributed by atoms with van der Waals surface area (Å²) in [4.78, 5) is 18.8. The SMILES string of the molecule is C[C@H](c1nc2ccccc2s1)N(C)C(=O)COc1ccc(-n2cnnn2)cc1. The van der Waals surface area contributed by atoms with Crippen molar-refractivity contribution in [1.82, 2.24) is 30.1 Å². The highest BCUT2D eigenvalue weighted by molar-refractivity contribution is 7.18. The molecular formula is C19H18N6O2S. The fourth-order valence-corrected chi connectivity index (χ4v) is 3.73. The van der Waals surface area contributed by atoms with Crippen LogP contribution in [0.4, 0.5) is 0 Å². The molecule has 2 aromatic heterocycles. The standard InChI is InChI=1S/C19H18N6O2S/c1-13(19-21-16-5-3-4-6-17(16)28-19)24(2)18(26)11-27-15-9-7-14(8-10-15)25-12-20-22-23-25/h3-10,12-13H,11H2,1-2H3/t13-/m1/s1. The summed E-state index contributed by atoms with van der Waals surface area (Å²) in [7, 11) is 1.77. The van der Waals surface area contributed by atoms with Gasteiger partial charge >= 0.3 is 0 Å². The maximum Gasteiger partial charge on any atom is 0.260 e. The second-order valence-electron chi connectivity index (χ2n) is 6.24. The minimum atomic E-state index is -0.129. The van der Waals surface area contributed by atoms with Gasteiger partial charge in [-0.15, -0.1) is 16.4 Å². The number of ether oxygens (including phenoxy) is 1. The molecular weight excluding hydrogens is 376 g/mol. The average Bonchev–Trinajstić information content (AvgIpc) is 3.41. The summed E-state index contributed by atoms with van der Waals surface area (Å²) in [5, 5.41) is 11.9. The Balaban J connectivity index is 1.37. The first-order chi connectivity index (χ1) is 13.6. The van der Waals surface area contributed by atoms with Crippen molar-refractivity contribution >= 4 is 27.5 Å². The zero-order chi connectivity index (χ0) is 19.5. The Labute approximate surface area is 165 Å². The molecule has 0 aliphatic heterocycles. The van der Waals surface area contributed by atoms with Gasteiger partial charge in [0.05, 0.1) is 21.9 Å². The lowest BCUT2D eigenvalue weighted by Gasteiger charge is -2.23. The van der Waals surface area contributed by atoms with Gasteiger partial charge in [-0.05, 0) is 53.7 Å². The molecule has 0 aliphatic rings. The van der Waals surface area contributed by atoms with E-state index >= 15 is 0 Å².